The summed E-state index contributed by atoms with van der Waals surface area (Å²) in [6, 6.07) is 1.85. The molecule has 0 aromatic rings. The number of nitrogens with one attached hydrogen (secondary N) is 1. The second-order valence-electron chi connectivity index (χ2n) is 5.11. The van der Waals surface area contributed by atoms with Crippen molar-refractivity contribution in [1.29, 1.82) is 5.26 Å². The summed E-state index contributed by atoms with van der Waals surface area (Å²) in [5.74, 6) is -0.639. The quantitative estimate of drug-likeness (QED) is 0.232. The molecule has 8 heteroatoms. The fourth-order valence-electron chi connectivity index (χ4n) is 1.62. The highest BCUT2D eigenvalue weighted by atomic mass is 79.9. The Morgan fingerprint density at radius 3 is 2.58 bits per heavy atom. The van der Waals surface area contributed by atoms with Crippen LogP contribution in [0.15, 0.2) is 58.6 Å². The van der Waals surface area contributed by atoms with Gasteiger partial charge < -0.3 is 15.0 Å². The predicted octanol–water partition coefficient (Wildman–Crippen LogP) is 4.00. The van der Waals surface area contributed by atoms with Gasteiger partial charge in [0.05, 0.1) is 10.2 Å². The molecule has 0 heterocycles. The van der Waals surface area contributed by atoms with E-state index in [1.165, 1.54) is 30.5 Å². The zero-order valence-electron chi connectivity index (χ0n) is 14.9. The fraction of sp³-hybridized carbons (Fsp3) is 0.333. The Kier molecular flexibility index (Phi) is 11.7. The smallest absolute Gasteiger partial charge is 0.387 e. The van der Waals surface area contributed by atoms with E-state index < -0.39 is 12.4 Å². The predicted molar refractivity (Wildman–Crippen MR) is 101 cm³/mol. The van der Waals surface area contributed by atoms with Crippen LogP contribution in [-0.4, -0.2) is 37.9 Å². The standard InChI is InChI=1S/C18H22BrF2N3O2/c1-5-10-23-15(17(25)13(11-22)12-24(3)4)8-7-9-16(14(19)6-2)26-18(20)21/h6-9,12,18,23H,2,5,10H2,1,3-4H3/b9-7+,13-12+,15-8-,16-14-. The van der Waals surface area contributed by atoms with E-state index in [4.69, 9.17) is 0 Å². The van der Waals surface area contributed by atoms with Gasteiger partial charge in [0.2, 0.25) is 5.78 Å². The summed E-state index contributed by atoms with van der Waals surface area (Å²) in [5.41, 5.74) is 0.119. The van der Waals surface area contributed by atoms with Gasteiger partial charge in [-0.05, 0) is 34.5 Å². The Morgan fingerprint density at radius 2 is 2.12 bits per heavy atom. The summed E-state index contributed by atoms with van der Waals surface area (Å²) >= 11 is 3.06. The maximum absolute atomic E-state index is 12.5. The number of hydrogen-bond donors (Lipinski definition) is 1. The number of Topliss-reactive ketones (excluding diaryl/α,β-unsaturated/α-hetero) is 1. The lowest BCUT2D eigenvalue weighted by molar-refractivity contribution is -0.112. The number of halogens is 3. The third-order valence-electron chi connectivity index (χ3n) is 2.70. The molecule has 0 unspecified atom stereocenters. The van der Waals surface area contributed by atoms with Crippen LogP contribution in [0.1, 0.15) is 13.3 Å². The Balaban J connectivity index is 5.69. The number of nitrogens with zero attached hydrogens (tertiary/aromatic N) is 2. The SMILES string of the molecule is C=C\C(Br)=C(/C=C/C=C(\NCCC)C(=O)/C(C#N)=C/N(C)C)OC(F)F. The largest absolute Gasteiger partial charge is 0.434 e. The first-order valence-corrected chi connectivity index (χ1v) is 8.48. The third kappa shape index (κ3) is 9.18. The Hall–Kier alpha value is -2.40. The minimum atomic E-state index is -3.00. The van der Waals surface area contributed by atoms with Gasteiger partial charge in [0, 0.05) is 26.8 Å². The van der Waals surface area contributed by atoms with Crippen molar-refractivity contribution in [2.45, 2.75) is 20.0 Å². The summed E-state index contributed by atoms with van der Waals surface area (Å²) < 4.78 is 29.5. The average Bonchev–Trinajstić information content (AvgIpc) is 2.59. The highest BCUT2D eigenvalue weighted by molar-refractivity contribution is 9.11. The molecular weight excluding hydrogens is 408 g/mol. The molecule has 0 aliphatic carbocycles. The van der Waals surface area contributed by atoms with Gasteiger partial charge in [-0.3, -0.25) is 4.79 Å². The van der Waals surface area contributed by atoms with Gasteiger partial charge in [-0.25, -0.2) is 0 Å². The molecule has 0 bridgehead atoms. The Bertz CT molecular complexity index is 660. The first-order chi connectivity index (χ1) is 12.3. The molecule has 5 nitrogen and oxygen atoms in total. The van der Waals surface area contributed by atoms with E-state index in [0.29, 0.717) is 6.54 Å². The first kappa shape index (κ1) is 23.6. The molecule has 26 heavy (non-hydrogen) atoms. The van der Waals surface area contributed by atoms with Crippen LogP contribution in [-0.2, 0) is 9.53 Å². The molecule has 0 aromatic carbocycles. The lowest BCUT2D eigenvalue weighted by atomic mass is 10.1. The molecule has 142 valence electrons. The number of nitriles is 1. The minimum Gasteiger partial charge on any atom is -0.434 e. The number of ether oxygens (including phenoxy) is 1. The van der Waals surface area contributed by atoms with Crippen molar-refractivity contribution < 1.29 is 18.3 Å². The molecule has 0 aliphatic rings. The van der Waals surface area contributed by atoms with E-state index in [1.807, 2.05) is 13.0 Å². The van der Waals surface area contributed by atoms with Crippen LogP contribution < -0.4 is 5.32 Å². The van der Waals surface area contributed by atoms with Crippen molar-refractivity contribution in [1.82, 2.24) is 10.2 Å². The number of rotatable bonds is 11. The number of carbonyl (C=O) groups is 1. The van der Waals surface area contributed by atoms with Crippen LogP contribution in [0.25, 0.3) is 0 Å². The van der Waals surface area contributed by atoms with Gasteiger partial charge in [-0.2, -0.15) is 14.0 Å². The number of carbonyl (C=O) groups excluding carboxylic acids is 1. The van der Waals surface area contributed by atoms with Crippen LogP contribution in [0.5, 0.6) is 0 Å². The molecule has 0 rings (SSSR count). The monoisotopic (exact) mass is 429 g/mol. The maximum Gasteiger partial charge on any atom is 0.387 e. The molecule has 0 aromatic heterocycles. The molecule has 0 saturated heterocycles. The Morgan fingerprint density at radius 1 is 1.46 bits per heavy atom. The molecule has 0 amide bonds. The highest BCUT2D eigenvalue weighted by Crippen LogP contribution is 2.18. The van der Waals surface area contributed by atoms with Gasteiger partial charge >= 0.3 is 6.61 Å². The third-order valence-corrected chi connectivity index (χ3v) is 3.42. The topological polar surface area (TPSA) is 65.4 Å². The van der Waals surface area contributed by atoms with Crippen molar-refractivity contribution in [3.05, 3.63) is 58.6 Å². The highest BCUT2D eigenvalue weighted by Gasteiger charge is 2.15. The molecule has 0 aliphatic heterocycles. The fourth-order valence-corrected chi connectivity index (χ4v) is 1.85. The zero-order chi connectivity index (χ0) is 20.1. The number of alkyl halides is 2. The van der Waals surface area contributed by atoms with Crippen LogP contribution >= 0.6 is 15.9 Å². The summed E-state index contributed by atoms with van der Waals surface area (Å²) in [4.78, 5) is 14.1. The van der Waals surface area contributed by atoms with Gasteiger partial charge in [-0.1, -0.05) is 25.7 Å². The van der Waals surface area contributed by atoms with Crippen LogP contribution in [0, 0.1) is 11.3 Å². The van der Waals surface area contributed by atoms with E-state index in [9.17, 15) is 18.8 Å². The van der Waals surface area contributed by atoms with Crippen molar-refractivity contribution >= 4 is 21.7 Å². The molecule has 0 saturated carbocycles. The van der Waals surface area contributed by atoms with E-state index in [1.54, 1.807) is 19.0 Å². The molecule has 0 radical (unpaired) electrons. The average molecular weight is 430 g/mol. The van der Waals surface area contributed by atoms with Crippen molar-refractivity contribution in [3.8, 4) is 6.07 Å². The minimum absolute atomic E-state index is 0.0508. The second kappa shape index (κ2) is 12.9. The molecular formula is C18H22BrF2N3O2. The van der Waals surface area contributed by atoms with Crippen molar-refractivity contribution in [2.75, 3.05) is 20.6 Å². The lowest BCUT2D eigenvalue weighted by Gasteiger charge is -2.10. The first-order valence-electron chi connectivity index (χ1n) is 7.69. The maximum atomic E-state index is 12.5. The van der Waals surface area contributed by atoms with Gasteiger partial charge in [0.25, 0.3) is 0 Å². The molecule has 0 spiro atoms. The summed E-state index contributed by atoms with van der Waals surface area (Å²) in [7, 11) is 3.39. The van der Waals surface area contributed by atoms with Gasteiger partial charge in [0.1, 0.15) is 17.4 Å². The Labute approximate surface area is 161 Å². The number of ketones is 1. The van der Waals surface area contributed by atoms with Crippen LogP contribution in [0.4, 0.5) is 8.78 Å². The molecule has 0 fully saturated rings. The lowest BCUT2D eigenvalue weighted by Crippen LogP contribution is -2.23. The number of allylic oxidation sites excluding steroid dienone is 6. The molecule has 1 N–H and O–H groups in total. The summed E-state index contributed by atoms with van der Waals surface area (Å²) in [6.07, 6.45) is 7.52. The van der Waals surface area contributed by atoms with Crippen LogP contribution in [0.2, 0.25) is 0 Å². The summed E-state index contributed by atoms with van der Waals surface area (Å²) in [6.45, 7) is 2.90. The van der Waals surface area contributed by atoms with E-state index in [-0.39, 0.29) is 21.5 Å². The normalized spacial score (nSPS) is 13.3. The zero-order valence-corrected chi connectivity index (χ0v) is 16.5. The second-order valence-corrected chi connectivity index (χ2v) is 5.96. The van der Waals surface area contributed by atoms with Gasteiger partial charge in [-0.15, -0.1) is 0 Å². The van der Waals surface area contributed by atoms with Crippen molar-refractivity contribution in [3.63, 3.8) is 0 Å². The van der Waals surface area contributed by atoms with Crippen molar-refractivity contribution in [2.24, 2.45) is 0 Å². The number of hydrogen-bond acceptors (Lipinski definition) is 5. The van der Waals surface area contributed by atoms with E-state index >= 15 is 0 Å². The molecule has 0 atom stereocenters. The summed E-state index contributed by atoms with van der Waals surface area (Å²) in [5, 5.41) is 12.1. The van der Waals surface area contributed by atoms with E-state index in [2.05, 4.69) is 32.6 Å². The van der Waals surface area contributed by atoms with Crippen LogP contribution in [0.3, 0.4) is 0 Å². The van der Waals surface area contributed by atoms with E-state index in [0.717, 1.165) is 6.42 Å². The van der Waals surface area contributed by atoms with Gasteiger partial charge in [0.15, 0.2) is 0 Å².